The third-order valence-electron chi connectivity index (χ3n) is 4.70. The first-order chi connectivity index (χ1) is 14.2. The average molecular weight is 411 g/mol. The molecule has 0 bridgehead atoms. The van der Waals surface area contributed by atoms with Gasteiger partial charge in [0.05, 0.1) is 24.1 Å². The molecule has 152 valence electrons. The molecule has 1 heterocycles. The molecular formula is C22H26N4O2S. The highest BCUT2D eigenvalue weighted by Crippen LogP contribution is 2.26. The highest BCUT2D eigenvalue weighted by Gasteiger charge is 2.19. The Labute approximate surface area is 176 Å². The van der Waals surface area contributed by atoms with Crippen LogP contribution in [0.1, 0.15) is 0 Å². The smallest absolute Gasteiger partial charge is 0.238 e. The fraction of sp³-hybridized carbons (Fsp3) is 0.364. The van der Waals surface area contributed by atoms with Gasteiger partial charge in [0.25, 0.3) is 0 Å². The zero-order valence-corrected chi connectivity index (χ0v) is 17.2. The van der Waals surface area contributed by atoms with Crippen molar-refractivity contribution in [3.8, 4) is 11.8 Å². The summed E-state index contributed by atoms with van der Waals surface area (Å²) in [5.74, 6) is 1.25. The van der Waals surface area contributed by atoms with Gasteiger partial charge in [-0.3, -0.25) is 14.6 Å². The molecular weight excluding hydrogens is 384 g/mol. The molecule has 0 aliphatic carbocycles. The fourth-order valence-corrected chi connectivity index (χ4v) is 3.85. The molecule has 0 spiro atoms. The van der Waals surface area contributed by atoms with Gasteiger partial charge in [-0.05, 0) is 24.3 Å². The zero-order chi connectivity index (χ0) is 20.3. The fourth-order valence-electron chi connectivity index (χ4n) is 3.18. The predicted octanol–water partition coefficient (Wildman–Crippen LogP) is 2.94. The van der Waals surface area contributed by atoms with Crippen molar-refractivity contribution in [1.29, 1.82) is 5.26 Å². The van der Waals surface area contributed by atoms with E-state index in [1.54, 1.807) is 0 Å². The van der Waals surface area contributed by atoms with Gasteiger partial charge in [0.2, 0.25) is 5.91 Å². The topological polar surface area (TPSA) is 68.6 Å². The Balaban J connectivity index is 1.37. The molecule has 7 heteroatoms. The molecule has 0 radical (unpaired) electrons. The van der Waals surface area contributed by atoms with Gasteiger partial charge < -0.3 is 10.1 Å². The maximum absolute atomic E-state index is 12.5. The third-order valence-corrected chi connectivity index (χ3v) is 5.65. The van der Waals surface area contributed by atoms with Crippen molar-refractivity contribution in [2.45, 2.75) is 4.90 Å². The van der Waals surface area contributed by atoms with Crippen molar-refractivity contribution in [2.24, 2.45) is 0 Å². The molecule has 6 nitrogen and oxygen atoms in total. The lowest BCUT2D eigenvalue weighted by atomic mass is 10.3. The highest BCUT2D eigenvalue weighted by molar-refractivity contribution is 7.99. The molecule has 1 amide bonds. The van der Waals surface area contributed by atoms with Crippen LogP contribution in [-0.2, 0) is 4.79 Å². The molecule has 0 unspecified atom stereocenters. The summed E-state index contributed by atoms with van der Waals surface area (Å²) in [6.07, 6.45) is 0. The van der Waals surface area contributed by atoms with Crippen LogP contribution in [0.3, 0.4) is 0 Å². The number of nitrogens with zero attached hydrogens (tertiary/aromatic N) is 3. The van der Waals surface area contributed by atoms with Gasteiger partial charge in [-0.1, -0.05) is 30.3 Å². The number of nitrogens with one attached hydrogen (secondary N) is 1. The van der Waals surface area contributed by atoms with Crippen LogP contribution in [0.15, 0.2) is 59.5 Å². The standard InChI is InChI=1S/C22H26N4O2S/c23-10-17-29-21-9-5-4-8-20(21)24-22(27)18-26-13-11-25(12-14-26)15-16-28-19-6-2-1-3-7-19/h1-9H,11-18H2,(H,24,27). The van der Waals surface area contributed by atoms with Crippen molar-refractivity contribution in [1.82, 2.24) is 9.80 Å². The number of benzene rings is 2. The number of hydrogen-bond donors (Lipinski definition) is 1. The summed E-state index contributed by atoms with van der Waals surface area (Å²) in [7, 11) is 0. The van der Waals surface area contributed by atoms with Crippen LogP contribution >= 0.6 is 11.8 Å². The lowest BCUT2D eigenvalue weighted by Gasteiger charge is -2.34. The van der Waals surface area contributed by atoms with Gasteiger partial charge in [-0.25, -0.2) is 0 Å². The number of anilines is 1. The van der Waals surface area contributed by atoms with E-state index in [4.69, 9.17) is 10.00 Å². The molecule has 0 saturated carbocycles. The Morgan fingerprint density at radius 1 is 1.03 bits per heavy atom. The molecule has 1 N–H and O–H groups in total. The van der Waals surface area contributed by atoms with E-state index in [2.05, 4.69) is 21.2 Å². The number of carbonyl (C=O) groups is 1. The van der Waals surface area contributed by atoms with E-state index >= 15 is 0 Å². The Morgan fingerprint density at radius 3 is 2.48 bits per heavy atom. The number of piperazine rings is 1. The van der Waals surface area contributed by atoms with Crippen molar-refractivity contribution >= 4 is 23.4 Å². The van der Waals surface area contributed by atoms with Crippen LogP contribution in [0.4, 0.5) is 5.69 Å². The summed E-state index contributed by atoms with van der Waals surface area (Å²) < 4.78 is 5.76. The van der Waals surface area contributed by atoms with Crippen LogP contribution in [0.2, 0.25) is 0 Å². The van der Waals surface area contributed by atoms with E-state index in [0.29, 0.717) is 18.9 Å². The maximum atomic E-state index is 12.5. The summed E-state index contributed by atoms with van der Waals surface area (Å²) >= 11 is 1.43. The summed E-state index contributed by atoms with van der Waals surface area (Å²) in [4.78, 5) is 17.9. The highest BCUT2D eigenvalue weighted by atomic mass is 32.2. The molecule has 1 fully saturated rings. The number of rotatable bonds is 9. The molecule has 2 aromatic carbocycles. The molecule has 0 aromatic heterocycles. The van der Waals surface area contributed by atoms with Gasteiger partial charge >= 0.3 is 0 Å². The van der Waals surface area contributed by atoms with E-state index in [-0.39, 0.29) is 5.91 Å². The minimum absolute atomic E-state index is 0.0177. The van der Waals surface area contributed by atoms with Gasteiger partial charge in [0.1, 0.15) is 12.4 Å². The molecule has 29 heavy (non-hydrogen) atoms. The number of nitriles is 1. The Kier molecular flexibility index (Phi) is 8.38. The quantitative estimate of drug-likeness (QED) is 0.641. The summed E-state index contributed by atoms with van der Waals surface area (Å²) in [5, 5.41) is 11.8. The second-order valence-electron chi connectivity index (χ2n) is 6.77. The van der Waals surface area contributed by atoms with Crippen LogP contribution in [0, 0.1) is 11.3 Å². The number of thioether (sulfide) groups is 1. The molecule has 1 aliphatic heterocycles. The first kappa shape index (κ1) is 21.2. The number of amides is 1. The number of ether oxygens (including phenoxy) is 1. The zero-order valence-electron chi connectivity index (χ0n) is 16.4. The van der Waals surface area contributed by atoms with Crippen molar-refractivity contribution in [2.75, 3.05) is 56.9 Å². The Hall–Kier alpha value is -2.53. The molecule has 3 rings (SSSR count). The Morgan fingerprint density at radius 2 is 1.72 bits per heavy atom. The number of hydrogen-bond acceptors (Lipinski definition) is 6. The minimum Gasteiger partial charge on any atom is -0.492 e. The number of carbonyl (C=O) groups excluding carboxylic acids is 1. The van der Waals surface area contributed by atoms with Gasteiger partial charge in [0.15, 0.2) is 0 Å². The molecule has 1 aliphatic rings. The first-order valence-electron chi connectivity index (χ1n) is 9.76. The van der Waals surface area contributed by atoms with E-state index in [1.807, 2.05) is 54.6 Å². The molecule has 2 aromatic rings. The SMILES string of the molecule is N#CCSc1ccccc1NC(=O)CN1CCN(CCOc2ccccc2)CC1. The largest absolute Gasteiger partial charge is 0.492 e. The third kappa shape index (κ3) is 7.09. The normalized spacial score (nSPS) is 14.9. The van der Waals surface area contributed by atoms with Crippen LogP contribution in [0.25, 0.3) is 0 Å². The van der Waals surface area contributed by atoms with Crippen LogP contribution in [-0.4, -0.2) is 67.3 Å². The second kappa shape index (κ2) is 11.5. The van der Waals surface area contributed by atoms with Gasteiger partial charge in [-0.2, -0.15) is 5.26 Å². The van der Waals surface area contributed by atoms with E-state index in [9.17, 15) is 4.79 Å². The van der Waals surface area contributed by atoms with Gasteiger partial charge in [-0.15, -0.1) is 11.8 Å². The predicted molar refractivity (Wildman–Crippen MR) is 116 cm³/mol. The summed E-state index contributed by atoms with van der Waals surface area (Å²) in [6, 6.07) is 19.6. The van der Waals surface area contributed by atoms with E-state index in [0.717, 1.165) is 49.1 Å². The van der Waals surface area contributed by atoms with E-state index in [1.165, 1.54) is 11.8 Å². The summed E-state index contributed by atoms with van der Waals surface area (Å²) in [5.41, 5.74) is 0.773. The maximum Gasteiger partial charge on any atom is 0.238 e. The molecule has 1 saturated heterocycles. The number of para-hydroxylation sites is 2. The lowest BCUT2D eigenvalue weighted by molar-refractivity contribution is -0.117. The van der Waals surface area contributed by atoms with Crippen LogP contribution < -0.4 is 10.1 Å². The second-order valence-corrected chi connectivity index (χ2v) is 7.79. The summed E-state index contributed by atoms with van der Waals surface area (Å²) in [6.45, 7) is 5.53. The van der Waals surface area contributed by atoms with Crippen molar-refractivity contribution < 1.29 is 9.53 Å². The lowest BCUT2D eigenvalue weighted by Crippen LogP contribution is -2.49. The average Bonchev–Trinajstić information content (AvgIpc) is 2.75. The van der Waals surface area contributed by atoms with Crippen LogP contribution in [0.5, 0.6) is 5.75 Å². The van der Waals surface area contributed by atoms with Gasteiger partial charge in [0, 0.05) is 37.6 Å². The molecule has 0 atom stereocenters. The monoisotopic (exact) mass is 410 g/mol. The van der Waals surface area contributed by atoms with E-state index < -0.39 is 0 Å². The minimum atomic E-state index is -0.0177. The first-order valence-corrected chi connectivity index (χ1v) is 10.7. The Bertz CT molecular complexity index is 817. The van der Waals surface area contributed by atoms with Crippen molar-refractivity contribution in [3.05, 3.63) is 54.6 Å². The van der Waals surface area contributed by atoms with Crippen molar-refractivity contribution in [3.63, 3.8) is 0 Å².